The lowest BCUT2D eigenvalue weighted by Gasteiger charge is -2.14. The van der Waals surface area contributed by atoms with E-state index in [-0.39, 0.29) is 0 Å². The van der Waals surface area contributed by atoms with Crippen LogP contribution in [-0.2, 0) is 0 Å². The lowest BCUT2D eigenvalue weighted by molar-refractivity contribution is -0.210. The van der Waals surface area contributed by atoms with Crippen LogP contribution in [0.2, 0.25) is 0 Å². The molecule has 0 aromatic heterocycles. The standard InChI is InChI=1S/C4H4F6/c5-1-2(3(6)7)4(8,9)10/h2-3H,1H2. The predicted molar refractivity (Wildman–Crippen MR) is 21.5 cm³/mol. The van der Waals surface area contributed by atoms with Gasteiger partial charge in [-0.25, -0.2) is 8.78 Å². The van der Waals surface area contributed by atoms with Gasteiger partial charge in [-0.05, 0) is 0 Å². The van der Waals surface area contributed by atoms with E-state index >= 15 is 0 Å². The molecule has 6 heteroatoms. The Bertz CT molecular complexity index is 94.4. The molecular formula is C4H4F6. The van der Waals surface area contributed by atoms with Crippen molar-refractivity contribution in [2.24, 2.45) is 5.92 Å². The van der Waals surface area contributed by atoms with Gasteiger partial charge >= 0.3 is 6.18 Å². The summed E-state index contributed by atoms with van der Waals surface area (Å²) in [7, 11) is 0. The van der Waals surface area contributed by atoms with Crippen LogP contribution >= 0.6 is 0 Å². The number of alkyl halides is 6. The molecule has 0 aromatic carbocycles. The SMILES string of the molecule is FCC(C(F)F)C(F)(F)F. The molecule has 0 N–H and O–H groups in total. The molecule has 1 atom stereocenters. The Morgan fingerprint density at radius 2 is 1.50 bits per heavy atom. The lowest BCUT2D eigenvalue weighted by atomic mass is 10.2. The molecule has 0 fully saturated rings. The minimum Gasteiger partial charge on any atom is -0.250 e. The van der Waals surface area contributed by atoms with Gasteiger partial charge < -0.3 is 0 Å². The maximum Gasteiger partial charge on any atom is 0.399 e. The van der Waals surface area contributed by atoms with Crippen LogP contribution in [0.15, 0.2) is 0 Å². The fourth-order valence-electron chi connectivity index (χ4n) is 0.298. The predicted octanol–water partition coefficient (Wildman–Crippen LogP) is 2.40. The van der Waals surface area contributed by atoms with Gasteiger partial charge in [-0.15, -0.1) is 0 Å². The molecule has 62 valence electrons. The normalized spacial score (nSPS) is 15.9. The highest BCUT2D eigenvalue weighted by molar-refractivity contribution is 4.68. The van der Waals surface area contributed by atoms with Gasteiger partial charge in [0.2, 0.25) is 0 Å². The Morgan fingerprint density at radius 1 is 1.10 bits per heavy atom. The van der Waals surface area contributed by atoms with Crippen LogP contribution in [0.3, 0.4) is 0 Å². The molecule has 0 spiro atoms. The maximum atomic E-state index is 11.3. The van der Waals surface area contributed by atoms with Crippen molar-refractivity contribution in [1.82, 2.24) is 0 Å². The third kappa shape index (κ3) is 2.45. The van der Waals surface area contributed by atoms with Crippen LogP contribution in [0, 0.1) is 5.92 Å². The molecule has 0 aliphatic rings. The van der Waals surface area contributed by atoms with Crippen molar-refractivity contribution in [3.05, 3.63) is 0 Å². The van der Waals surface area contributed by atoms with E-state index in [1.807, 2.05) is 0 Å². The van der Waals surface area contributed by atoms with Gasteiger partial charge in [0.05, 0.1) is 0 Å². The quantitative estimate of drug-likeness (QED) is 0.552. The minimum absolute atomic E-state index is 2.07. The molecule has 0 amide bonds. The zero-order valence-corrected chi connectivity index (χ0v) is 4.63. The number of hydrogen-bond acceptors (Lipinski definition) is 0. The zero-order chi connectivity index (χ0) is 8.36. The van der Waals surface area contributed by atoms with Gasteiger partial charge in [-0.1, -0.05) is 0 Å². The summed E-state index contributed by atoms with van der Waals surface area (Å²) in [5.41, 5.74) is 0. The topological polar surface area (TPSA) is 0 Å². The van der Waals surface area contributed by atoms with E-state index in [4.69, 9.17) is 0 Å². The molecule has 0 saturated heterocycles. The molecule has 0 bridgehead atoms. The van der Waals surface area contributed by atoms with E-state index in [2.05, 4.69) is 0 Å². The van der Waals surface area contributed by atoms with Crippen molar-refractivity contribution in [2.45, 2.75) is 12.6 Å². The number of rotatable bonds is 2. The second kappa shape index (κ2) is 3.12. The average Bonchev–Trinajstić information content (AvgIpc) is 1.60. The fraction of sp³-hybridized carbons (Fsp3) is 1.00. The first-order chi connectivity index (χ1) is 4.39. The van der Waals surface area contributed by atoms with Crippen molar-refractivity contribution >= 4 is 0 Å². The van der Waals surface area contributed by atoms with Gasteiger partial charge in [0.1, 0.15) is 12.6 Å². The van der Waals surface area contributed by atoms with Gasteiger partial charge in [0, 0.05) is 0 Å². The van der Waals surface area contributed by atoms with Crippen molar-refractivity contribution in [3.8, 4) is 0 Å². The van der Waals surface area contributed by atoms with E-state index in [9.17, 15) is 26.3 Å². The first kappa shape index (κ1) is 9.58. The monoisotopic (exact) mass is 166 g/mol. The average molecular weight is 166 g/mol. The summed E-state index contributed by atoms with van der Waals surface area (Å²) in [5.74, 6) is -3.13. The van der Waals surface area contributed by atoms with Crippen LogP contribution in [0.25, 0.3) is 0 Å². The van der Waals surface area contributed by atoms with E-state index in [0.717, 1.165) is 0 Å². The van der Waals surface area contributed by atoms with Crippen LogP contribution in [-0.4, -0.2) is 19.3 Å². The van der Waals surface area contributed by atoms with E-state index in [1.165, 1.54) is 0 Å². The Balaban J connectivity index is 4.07. The second-order valence-electron chi connectivity index (χ2n) is 1.64. The summed E-state index contributed by atoms with van der Waals surface area (Å²) in [6.45, 7) is -2.07. The van der Waals surface area contributed by atoms with Crippen molar-refractivity contribution in [2.75, 3.05) is 6.67 Å². The highest BCUT2D eigenvalue weighted by Crippen LogP contribution is 2.31. The molecule has 0 saturated carbocycles. The third-order valence-corrected chi connectivity index (χ3v) is 0.891. The van der Waals surface area contributed by atoms with Gasteiger partial charge in [-0.3, -0.25) is 4.39 Å². The highest BCUT2D eigenvalue weighted by Gasteiger charge is 2.45. The van der Waals surface area contributed by atoms with E-state index in [1.54, 1.807) is 0 Å². The second-order valence-corrected chi connectivity index (χ2v) is 1.64. The van der Waals surface area contributed by atoms with Crippen molar-refractivity contribution < 1.29 is 26.3 Å². The summed E-state index contributed by atoms with van der Waals surface area (Å²) in [5, 5.41) is 0. The molecule has 0 nitrogen and oxygen atoms in total. The Hall–Kier alpha value is -0.420. The van der Waals surface area contributed by atoms with Gasteiger partial charge in [-0.2, -0.15) is 13.2 Å². The Labute approximate surface area is 52.8 Å². The summed E-state index contributed by atoms with van der Waals surface area (Å²) in [4.78, 5) is 0. The van der Waals surface area contributed by atoms with E-state index < -0.39 is 25.2 Å². The van der Waals surface area contributed by atoms with Gasteiger partial charge in [0.25, 0.3) is 6.43 Å². The molecule has 0 aromatic rings. The first-order valence-corrected chi connectivity index (χ1v) is 2.30. The Morgan fingerprint density at radius 3 is 1.50 bits per heavy atom. The molecule has 0 aliphatic carbocycles. The maximum absolute atomic E-state index is 11.3. The van der Waals surface area contributed by atoms with Crippen molar-refractivity contribution in [1.29, 1.82) is 0 Å². The molecule has 0 radical (unpaired) electrons. The van der Waals surface area contributed by atoms with Crippen LogP contribution in [0.5, 0.6) is 0 Å². The summed E-state index contributed by atoms with van der Waals surface area (Å²) < 4.78 is 67.4. The lowest BCUT2D eigenvalue weighted by Crippen LogP contribution is -2.30. The van der Waals surface area contributed by atoms with Gasteiger partial charge in [0.15, 0.2) is 0 Å². The summed E-state index contributed by atoms with van der Waals surface area (Å²) >= 11 is 0. The minimum atomic E-state index is -5.14. The zero-order valence-electron chi connectivity index (χ0n) is 4.63. The molecule has 1 unspecified atom stereocenters. The number of hydrogen-bond donors (Lipinski definition) is 0. The largest absolute Gasteiger partial charge is 0.399 e. The Kier molecular flexibility index (Phi) is 2.98. The smallest absolute Gasteiger partial charge is 0.250 e. The molecule has 0 rings (SSSR count). The fourth-order valence-corrected chi connectivity index (χ4v) is 0.298. The van der Waals surface area contributed by atoms with Crippen LogP contribution < -0.4 is 0 Å². The van der Waals surface area contributed by atoms with Crippen LogP contribution in [0.4, 0.5) is 26.3 Å². The van der Waals surface area contributed by atoms with E-state index in [0.29, 0.717) is 0 Å². The van der Waals surface area contributed by atoms with Crippen molar-refractivity contribution in [3.63, 3.8) is 0 Å². The molecule has 10 heavy (non-hydrogen) atoms. The van der Waals surface area contributed by atoms with Crippen LogP contribution in [0.1, 0.15) is 0 Å². The molecular weight excluding hydrogens is 162 g/mol. The highest BCUT2D eigenvalue weighted by atomic mass is 19.4. The summed E-state index contributed by atoms with van der Waals surface area (Å²) in [6.07, 6.45) is -8.81. The first-order valence-electron chi connectivity index (χ1n) is 2.30. The molecule has 0 heterocycles. The summed E-state index contributed by atoms with van der Waals surface area (Å²) in [6, 6.07) is 0. The third-order valence-electron chi connectivity index (χ3n) is 0.891. The number of halogens is 6. The molecule has 0 aliphatic heterocycles.